The first kappa shape index (κ1) is 21.0. The van der Waals surface area contributed by atoms with E-state index in [4.69, 9.17) is 0 Å². The van der Waals surface area contributed by atoms with Crippen LogP contribution in [-0.2, 0) is 0 Å². The minimum atomic E-state index is -0.440. The molecule has 8 heteroatoms. The molecule has 3 aromatic rings. The predicted molar refractivity (Wildman–Crippen MR) is 115 cm³/mol. The van der Waals surface area contributed by atoms with Gasteiger partial charge >= 0.3 is 0 Å². The van der Waals surface area contributed by atoms with Gasteiger partial charge in [-0.3, -0.25) is 14.6 Å². The van der Waals surface area contributed by atoms with Gasteiger partial charge in [0.2, 0.25) is 0 Å². The Balaban J connectivity index is 1.13. The van der Waals surface area contributed by atoms with Crippen LogP contribution in [0.15, 0.2) is 42.9 Å². The first-order valence-corrected chi connectivity index (χ1v) is 10.7. The normalized spacial score (nSPS) is 14.7. The Hall–Kier alpha value is -3.29. The van der Waals surface area contributed by atoms with Crippen LogP contribution in [0.4, 0.5) is 4.39 Å². The third-order valence-electron chi connectivity index (χ3n) is 5.84. The fourth-order valence-corrected chi connectivity index (χ4v) is 4.04. The quantitative estimate of drug-likeness (QED) is 0.569. The number of aromatic nitrogens is 3. The molecule has 3 aromatic heterocycles. The zero-order valence-corrected chi connectivity index (χ0v) is 17.3. The summed E-state index contributed by atoms with van der Waals surface area (Å²) in [7, 11) is 0. The summed E-state index contributed by atoms with van der Waals surface area (Å²) in [6.45, 7) is 2.04. The Morgan fingerprint density at radius 3 is 2.74 bits per heavy atom. The fourth-order valence-electron chi connectivity index (χ4n) is 4.04. The number of pyridine rings is 2. The predicted octanol–water partition coefficient (Wildman–Crippen LogP) is 3.55. The molecular formula is C23H26FN5O2. The van der Waals surface area contributed by atoms with Crippen molar-refractivity contribution in [3.63, 3.8) is 0 Å². The van der Waals surface area contributed by atoms with E-state index in [0.717, 1.165) is 49.2 Å². The fraction of sp³-hybridized carbons (Fsp3) is 0.391. The van der Waals surface area contributed by atoms with Gasteiger partial charge in [-0.05, 0) is 49.4 Å². The van der Waals surface area contributed by atoms with E-state index in [1.54, 1.807) is 17.3 Å². The van der Waals surface area contributed by atoms with E-state index >= 15 is 0 Å². The smallest absolute Gasteiger partial charge is 0.272 e. The Bertz CT molecular complexity index is 1010. The second-order valence-corrected chi connectivity index (χ2v) is 7.99. The summed E-state index contributed by atoms with van der Waals surface area (Å²) < 4.78 is 13.0. The lowest BCUT2D eigenvalue weighted by Gasteiger charge is -2.31. The van der Waals surface area contributed by atoms with Crippen LogP contribution in [0.2, 0.25) is 0 Å². The molecule has 0 aliphatic carbocycles. The summed E-state index contributed by atoms with van der Waals surface area (Å²) in [4.78, 5) is 37.6. The lowest BCUT2D eigenvalue weighted by atomic mass is 9.91. The Labute approximate surface area is 180 Å². The number of amides is 2. The van der Waals surface area contributed by atoms with Crippen LogP contribution in [-0.4, -0.2) is 51.3 Å². The van der Waals surface area contributed by atoms with Gasteiger partial charge in [0.15, 0.2) is 0 Å². The summed E-state index contributed by atoms with van der Waals surface area (Å²) in [6.07, 6.45) is 9.48. The average Bonchev–Trinajstić information content (AvgIpc) is 3.24. The third-order valence-corrected chi connectivity index (χ3v) is 5.84. The highest BCUT2D eigenvalue weighted by Crippen LogP contribution is 2.23. The van der Waals surface area contributed by atoms with Crippen molar-refractivity contribution in [2.45, 2.75) is 32.1 Å². The van der Waals surface area contributed by atoms with Crippen molar-refractivity contribution in [3.05, 3.63) is 60.1 Å². The van der Waals surface area contributed by atoms with Crippen LogP contribution < -0.4 is 5.32 Å². The van der Waals surface area contributed by atoms with Gasteiger partial charge in [-0.15, -0.1) is 0 Å². The van der Waals surface area contributed by atoms with E-state index in [2.05, 4.69) is 20.3 Å². The molecule has 1 aliphatic heterocycles. The molecule has 0 bridgehead atoms. The number of halogens is 1. The summed E-state index contributed by atoms with van der Waals surface area (Å²) in [6, 6.07) is 6.36. The highest BCUT2D eigenvalue weighted by molar-refractivity contribution is 5.97. The van der Waals surface area contributed by atoms with Crippen molar-refractivity contribution in [2.75, 3.05) is 19.6 Å². The van der Waals surface area contributed by atoms with Crippen LogP contribution in [0.25, 0.3) is 10.9 Å². The number of piperidine rings is 1. The molecule has 1 aliphatic rings. The van der Waals surface area contributed by atoms with Gasteiger partial charge in [-0.2, -0.15) is 0 Å². The van der Waals surface area contributed by atoms with Crippen LogP contribution in [0.1, 0.15) is 53.1 Å². The Morgan fingerprint density at radius 2 is 2.00 bits per heavy atom. The SMILES string of the molecule is O=C(NCCCCC1CCN(C(=O)c2ccc(F)cn2)CC1)c1cc2cnccc2[nH]1. The van der Waals surface area contributed by atoms with E-state index < -0.39 is 5.82 Å². The minimum absolute atomic E-state index is 0.0996. The maximum Gasteiger partial charge on any atom is 0.272 e. The number of carbonyl (C=O) groups excluding carboxylic acids is 2. The van der Waals surface area contributed by atoms with Gasteiger partial charge in [0.1, 0.15) is 17.2 Å². The van der Waals surface area contributed by atoms with Crippen LogP contribution >= 0.6 is 0 Å². The molecule has 1 saturated heterocycles. The molecule has 0 saturated carbocycles. The first-order chi connectivity index (χ1) is 15.1. The van der Waals surface area contributed by atoms with Crippen molar-refractivity contribution >= 4 is 22.7 Å². The summed E-state index contributed by atoms with van der Waals surface area (Å²) in [5.41, 5.74) is 1.75. The third kappa shape index (κ3) is 5.25. The highest BCUT2D eigenvalue weighted by Gasteiger charge is 2.24. The van der Waals surface area contributed by atoms with E-state index in [1.165, 1.54) is 12.1 Å². The number of nitrogens with one attached hydrogen (secondary N) is 2. The van der Waals surface area contributed by atoms with Crippen LogP contribution in [0, 0.1) is 11.7 Å². The summed E-state index contributed by atoms with van der Waals surface area (Å²) in [5.74, 6) is -0.0847. The van der Waals surface area contributed by atoms with Crippen molar-refractivity contribution in [1.82, 2.24) is 25.2 Å². The highest BCUT2D eigenvalue weighted by atomic mass is 19.1. The molecule has 1 fully saturated rings. The molecule has 2 N–H and O–H groups in total. The second-order valence-electron chi connectivity index (χ2n) is 7.99. The molecule has 0 aromatic carbocycles. The monoisotopic (exact) mass is 423 g/mol. The van der Waals surface area contributed by atoms with Gasteiger partial charge < -0.3 is 15.2 Å². The van der Waals surface area contributed by atoms with Gasteiger partial charge in [0, 0.05) is 42.9 Å². The molecule has 0 unspecified atom stereocenters. The maximum absolute atomic E-state index is 13.0. The number of hydrogen-bond acceptors (Lipinski definition) is 4. The lowest BCUT2D eigenvalue weighted by Crippen LogP contribution is -2.38. The molecule has 162 valence electrons. The number of unbranched alkanes of at least 4 members (excludes halogenated alkanes) is 1. The lowest BCUT2D eigenvalue weighted by molar-refractivity contribution is 0.0679. The zero-order chi connectivity index (χ0) is 21.6. The van der Waals surface area contributed by atoms with E-state index in [1.807, 2.05) is 12.1 Å². The van der Waals surface area contributed by atoms with Gasteiger partial charge in [-0.1, -0.05) is 12.8 Å². The number of H-pyrrole nitrogens is 1. The first-order valence-electron chi connectivity index (χ1n) is 10.7. The zero-order valence-electron chi connectivity index (χ0n) is 17.3. The van der Waals surface area contributed by atoms with Crippen molar-refractivity contribution in [1.29, 1.82) is 0 Å². The maximum atomic E-state index is 13.0. The number of carbonyl (C=O) groups is 2. The molecule has 0 radical (unpaired) electrons. The molecular weight excluding hydrogens is 397 g/mol. The molecule has 0 atom stereocenters. The number of aromatic amines is 1. The van der Waals surface area contributed by atoms with Crippen LogP contribution in [0.3, 0.4) is 0 Å². The molecule has 31 heavy (non-hydrogen) atoms. The van der Waals surface area contributed by atoms with Crippen molar-refractivity contribution in [3.8, 4) is 0 Å². The number of likely N-dealkylation sites (tertiary alicyclic amines) is 1. The molecule has 4 rings (SSSR count). The van der Waals surface area contributed by atoms with Gasteiger partial charge in [-0.25, -0.2) is 9.37 Å². The largest absolute Gasteiger partial charge is 0.351 e. The summed E-state index contributed by atoms with van der Waals surface area (Å²) in [5, 5.41) is 3.89. The molecule has 7 nitrogen and oxygen atoms in total. The number of nitrogens with zero attached hydrogens (tertiary/aromatic N) is 3. The van der Waals surface area contributed by atoms with Crippen molar-refractivity contribution in [2.24, 2.45) is 5.92 Å². The van der Waals surface area contributed by atoms with E-state index in [0.29, 0.717) is 36.9 Å². The average molecular weight is 423 g/mol. The number of rotatable bonds is 7. The van der Waals surface area contributed by atoms with E-state index in [9.17, 15) is 14.0 Å². The molecule has 4 heterocycles. The topological polar surface area (TPSA) is 91.0 Å². The van der Waals surface area contributed by atoms with Gasteiger partial charge in [0.25, 0.3) is 11.8 Å². The summed E-state index contributed by atoms with van der Waals surface area (Å²) >= 11 is 0. The number of fused-ring (bicyclic) bond motifs is 1. The Morgan fingerprint density at radius 1 is 1.16 bits per heavy atom. The van der Waals surface area contributed by atoms with E-state index in [-0.39, 0.29) is 11.8 Å². The molecule has 0 spiro atoms. The standard InChI is InChI=1S/C23H26FN5O2/c24-18-4-5-20(27-15-18)23(31)29-11-7-16(8-12-29)3-1-2-9-26-22(30)21-13-17-14-25-10-6-19(17)28-21/h4-6,10,13-16,28H,1-3,7-9,11-12H2,(H,26,30). The van der Waals surface area contributed by atoms with Crippen molar-refractivity contribution < 1.29 is 14.0 Å². The minimum Gasteiger partial charge on any atom is -0.351 e. The van der Waals surface area contributed by atoms with Crippen LogP contribution in [0.5, 0.6) is 0 Å². The number of hydrogen-bond donors (Lipinski definition) is 2. The Kier molecular flexibility index (Phi) is 6.54. The van der Waals surface area contributed by atoms with Gasteiger partial charge in [0.05, 0.1) is 6.20 Å². The molecule has 2 amide bonds. The second kappa shape index (κ2) is 9.68.